The quantitative estimate of drug-likeness (QED) is 0.613. The first kappa shape index (κ1) is 17.9. The van der Waals surface area contributed by atoms with Crippen LogP contribution in [0.1, 0.15) is 16.7 Å². The summed E-state index contributed by atoms with van der Waals surface area (Å²) < 4.78 is 27.2. The van der Waals surface area contributed by atoms with Crippen LogP contribution in [0.2, 0.25) is 0 Å². The van der Waals surface area contributed by atoms with Gasteiger partial charge in [-0.2, -0.15) is 0 Å². The molecular weight excluding hydrogens is 342 g/mol. The van der Waals surface area contributed by atoms with Crippen molar-refractivity contribution < 1.29 is 8.42 Å². The maximum absolute atomic E-state index is 13.6. The van der Waals surface area contributed by atoms with Gasteiger partial charge in [0.25, 0.3) is 9.84 Å². The first-order valence-corrected chi connectivity index (χ1v) is 9.77. The van der Waals surface area contributed by atoms with E-state index in [2.05, 4.69) is 4.85 Å². The lowest BCUT2D eigenvalue weighted by atomic mass is 9.99. The molecule has 3 rings (SSSR count). The third kappa shape index (κ3) is 3.14. The minimum atomic E-state index is -3.93. The molecule has 0 aliphatic rings. The highest BCUT2D eigenvalue weighted by Gasteiger charge is 2.53. The molecule has 0 saturated carbocycles. The molecular formula is C22H19NO2S. The van der Waals surface area contributed by atoms with Crippen LogP contribution >= 0.6 is 0 Å². The molecule has 0 heterocycles. The number of hydrogen-bond acceptors (Lipinski definition) is 2. The van der Waals surface area contributed by atoms with E-state index in [0.717, 1.165) is 11.1 Å². The SMILES string of the molecule is [C-]#[N+]C(Cc1ccccc1)(c1ccccc1)S(=O)(=O)c1ccc(C)cc1. The van der Waals surface area contributed by atoms with Gasteiger partial charge in [0.05, 0.1) is 16.9 Å². The predicted molar refractivity (Wildman–Crippen MR) is 103 cm³/mol. The highest BCUT2D eigenvalue weighted by atomic mass is 32.2. The third-order valence-corrected chi connectivity index (χ3v) is 6.72. The summed E-state index contributed by atoms with van der Waals surface area (Å²) >= 11 is 0. The molecule has 130 valence electrons. The predicted octanol–water partition coefficient (Wildman–Crippen LogP) is 4.78. The average Bonchev–Trinajstić information content (AvgIpc) is 2.68. The minimum absolute atomic E-state index is 0.0948. The fourth-order valence-corrected chi connectivity index (χ4v) is 4.81. The molecule has 0 bridgehead atoms. The van der Waals surface area contributed by atoms with E-state index in [1.54, 1.807) is 48.5 Å². The highest BCUT2D eigenvalue weighted by molar-refractivity contribution is 7.92. The van der Waals surface area contributed by atoms with Crippen molar-refractivity contribution in [2.75, 3.05) is 0 Å². The van der Waals surface area contributed by atoms with E-state index in [9.17, 15) is 8.42 Å². The lowest BCUT2D eigenvalue weighted by Crippen LogP contribution is -2.35. The molecule has 0 radical (unpaired) electrons. The lowest BCUT2D eigenvalue weighted by Gasteiger charge is -2.23. The molecule has 0 aliphatic carbocycles. The zero-order valence-electron chi connectivity index (χ0n) is 14.5. The molecule has 0 aliphatic heterocycles. The Balaban J connectivity index is 2.23. The van der Waals surface area contributed by atoms with Gasteiger partial charge >= 0.3 is 4.87 Å². The van der Waals surface area contributed by atoms with Crippen molar-refractivity contribution in [1.29, 1.82) is 0 Å². The van der Waals surface area contributed by atoms with Gasteiger partial charge in [0.2, 0.25) is 0 Å². The fraction of sp³-hybridized carbons (Fsp3) is 0.136. The molecule has 3 aromatic carbocycles. The summed E-state index contributed by atoms with van der Waals surface area (Å²) in [4.78, 5) is 2.18. The van der Waals surface area contributed by atoms with Gasteiger partial charge in [-0.05, 0) is 36.8 Å². The van der Waals surface area contributed by atoms with E-state index in [1.807, 2.05) is 43.3 Å². The Bertz CT molecular complexity index is 1020. The Kier molecular flexibility index (Phi) is 4.92. The van der Waals surface area contributed by atoms with Gasteiger partial charge in [-0.3, -0.25) is 4.85 Å². The van der Waals surface area contributed by atoms with Crippen LogP contribution in [-0.4, -0.2) is 8.42 Å². The first-order chi connectivity index (χ1) is 12.5. The van der Waals surface area contributed by atoms with Crippen LogP contribution in [0.3, 0.4) is 0 Å². The molecule has 1 atom stereocenters. The van der Waals surface area contributed by atoms with E-state index >= 15 is 0 Å². The minimum Gasteiger partial charge on any atom is -0.287 e. The van der Waals surface area contributed by atoms with E-state index in [-0.39, 0.29) is 11.3 Å². The molecule has 0 N–H and O–H groups in total. The molecule has 1 unspecified atom stereocenters. The summed E-state index contributed by atoms with van der Waals surface area (Å²) in [6, 6.07) is 24.8. The van der Waals surface area contributed by atoms with Crippen molar-refractivity contribution in [2.45, 2.75) is 23.1 Å². The number of rotatable bonds is 5. The molecule has 0 spiro atoms. The van der Waals surface area contributed by atoms with E-state index < -0.39 is 14.7 Å². The second-order valence-electron chi connectivity index (χ2n) is 6.24. The normalized spacial score (nSPS) is 13.5. The smallest absolute Gasteiger partial charge is 0.287 e. The van der Waals surface area contributed by atoms with Gasteiger partial charge < -0.3 is 0 Å². The van der Waals surface area contributed by atoms with Crippen LogP contribution in [0.15, 0.2) is 89.8 Å². The van der Waals surface area contributed by atoms with E-state index in [0.29, 0.717) is 5.56 Å². The largest absolute Gasteiger partial charge is 0.362 e. The molecule has 0 aromatic heterocycles. The van der Waals surface area contributed by atoms with Gasteiger partial charge in [0.1, 0.15) is 0 Å². The summed E-state index contributed by atoms with van der Waals surface area (Å²) in [5.74, 6) is 0. The van der Waals surface area contributed by atoms with Crippen molar-refractivity contribution in [3.63, 3.8) is 0 Å². The number of aryl methyl sites for hydroxylation is 1. The van der Waals surface area contributed by atoms with Crippen LogP contribution in [0.4, 0.5) is 0 Å². The van der Waals surface area contributed by atoms with Gasteiger partial charge in [0, 0.05) is 0 Å². The van der Waals surface area contributed by atoms with Gasteiger partial charge in [0.15, 0.2) is 0 Å². The van der Waals surface area contributed by atoms with Crippen molar-refractivity contribution in [1.82, 2.24) is 0 Å². The van der Waals surface area contributed by atoms with E-state index in [4.69, 9.17) is 6.57 Å². The highest BCUT2D eigenvalue weighted by Crippen LogP contribution is 2.40. The van der Waals surface area contributed by atoms with Crippen molar-refractivity contribution in [3.05, 3.63) is 113 Å². The van der Waals surface area contributed by atoms with Crippen molar-refractivity contribution >= 4 is 9.84 Å². The molecule has 4 heteroatoms. The lowest BCUT2D eigenvalue weighted by molar-refractivity contribution is 0.554. The van der Waals surface area contributed by atoms with Crippen molar-refractivity contribution in [3.8, 4) is 0 Å². The summed E-state index contributed by atoms with van der Waals surface area (Å²) in [5, 5.41) is 0. The molecule has 0 amide bonds. The Morgan fingerprint density at radius 2 is 1.38 bits per heavy atom. The van der Waals surface area contributed by atoms with E-state index in [1.165, 1.54) is 0 Å². The third-order valence-electron chi connectivity index (χ3n) is 4.47. The summed E-state index contributed by atoms with van der Waals surface area (Å²) in [6.45, 7) is 9.79. The Morgan fingerprint density at radius 3 is 1.92 bits per heavy atom. The maximum atomic E-state index is 13.6. The standard InChI is InChI=1S/C22H19NO2S/c1-18-13-15-21(16-14-18)26(24,25)22(23-2,20-11-7-4-8-12-20)17-19-9-5-3-6-10-19/h3-16H,17H2,1H3. The second kappa shape index (κ2) is 7.15. The monoisotopic (exact) mass is 361 g/mol. The summed E-state index contributed by atoms with van der Waals surface area (Å²) in [5.41, 5.74) is 2.27. The van der Waals surface area contributed by atoms with Crippen molar-refractivity contribution in [2.24, 2.45) is 0 Å². The number of hydrogen-bond donors (Lipinski definition) is 0. The fourth-order valence-electron chi connectivity index (χ4n) is 3.00. The topological polar surface area (TPSA) is 38.5 Å². The Labute approximate surface area is 154 Å². The zero-order chi connectivity index (χ0) is 18.6. The summed E-state index contributed by atoms with van der Waals surface area (Å²) in [6.07, 6.45) is 0.0948. The van der Waals surface area contributed by atoms with Crippen LogP contribution in [0.25, 0.3) is 4.85 Å². The van der Waals surface area contributed by atoms with Gasteiger partial charge in [-0.15, -0.1) is 0 Å². The molecule has 26 heavy (non-hydrogen) atoms. The molecule has 3 aromatic rings. The first-order valence-electron chi connectivity index (χ1n) is 8.29. The van der Waals surface area contributed by atoms with Crippen LogP contribution in [0, 0.1) is 13.5 Å². The summed E-state index contributed by atoms with van der Waals surface area (Å²) in [7, 11) is -3.93. The number of nitrogens with zero attached hydrogens (tertiary/aromatic N) is 1. The molecule has 0 fully saturated rings. The number of sulfone groups is 1. The van der Waals surface area contributed by atoms with Crippen LogP contribution in [0.5, 0.6) is 0 Å². The zero-order valence-corrected chi connectivity index (χ0v) is 15.3. The van der Waals surface area contributed by atoms with Crippen LogP contribution in [-0.2, 0) is 21.1 Å². The van der Waals surface area contributed by atoms with Crippen LogP contribution < -0.4 is 0 Å². The molecule has 0 saturated heterocycles. The number of benzene rings is 3. The Hall–Kier alpha value is -2.90. The molecule has 3 nitrogen and oxygen atoms in total. The maximum Gasteiger partial charge on any atom is 0.362 e. The average molecular weight is 361 g/mol. The van der Waals surface area contributed by atoms with Gasteiger partial charge in [-0.25, -0.2) is 15.0 Å². The second-order valence-corrected chi connectivity index (χ2v) is 8.39. The Morgan fingerprint density at radius 1 is 0.846 bits per heavy atom. The van der Waals surface area contributed by atoms with Gasteiger partial charge in [-0.1, -0.05) is 66.2 Å².